The van der Waals surface area contributed by atoms with Gasteiger partial charge in [-0.25, -0.2) is 0 Å². The molecular formula is C70H66N2. The minimum atomic E-state index is 1.07. The molecule has 0 saturated carbocycles. The second-order valence-corrected chi connectivity index (χ2v) is 20.2. The van der Waals surface area contributed by atoms with E-state index in [1.807, 2.05) is 0 Å². The molecule has 0 unspecified atom stereocenters. The summed E-state index contributed by atoms with van der Waals surface area (Å²) < 4.78 is 0. The molecule has 0 amide bonds. The third-order valence-electron chi connectivity index (χ3n) is 15.1. The Bertz CT molecular complexity index is 3350. The molecule has 9 aromatic rings. The van der Waals surface area contributed by atoms with Crippen molar-refractivity contribution in [1.29, 1.82) is 0 Å². The minimum Gasteiger partial charge on any atom is -0.310 e. The zero-order valence-corrected chi connectivity index (χ0v) is 43.8. The summed E-state index contributed by atoms with van der Waals surface area (Å²) >= 11 is 0. The number of aryl methyl sites for hydroxylation is 8. The largest absolute Gasteiger partial charge is 0.310 e. The average molecular weight is 935 g/mol. The van der Waals surface area contributed by atoms with E-state index >= 15 is 0 Å². The van der Waals surface area contributed by atoms with Gasteiger partial charge in [0.1, 0.15) is 0 Å². The highest BCUT2D eigenvalue weighted by Gasteiger charge is 2.23. The van der Waals surface area contributed by atoms with Gasteiger partial charge in [0.05, 0.1) is 0 Å². The van der Waals surface area contributed by atoms with Crippen molar-refractivity contribution in [3.63, 3.8) is 0 Å². The van der Waals surface area contributed by atoms with Crippen LogP contribution in [0.1, 0.15) is 76.8 Å². The third-order valence-corrected chi connectivity index (χ3v) is 15.1. The van der Waals surface area contributed by atoms with Crippen LogP contribution in [0, 0.1) is 55.4 Å². The fourth-order valence-corrected chi connectivity index (χ4v) is 11.6. The molecule has 9 aromatic carbocycles. The van der Waals surface area contributed by atoms with E-state index in [2.05, 4.69) is 273 Å². The molecule has 0 fully saturated rings. The zero-order chi connectivity index (χ0) is 50.2. The summed E-state index contributed by atoms with van der Waals surface area (Å²) in [5.74, 6) is 0. The van der Waals surface area contributed by atoms with Crippen LogP contribution in [0.15, 0.2) is 205 Å². The Labute approximate surface area is 429 Å². The summed E-state index contributed by atoms with van der Waals surface area (Å²) in [4.78, 5) is 4.90. The summed E-state index contributed by atoms with van der Waals surface area (Å²) in [6.07, 6.45) is 4.59. The van der Waals surface area contributed by atoms with Crippen LogP contribution in [0.25, 0.3) is 50.1 Å². The van der Waals surface area contributed by atoms with Gasteiger partial charge in [0.25, 0.3) is 0 Å². The Kier molecular flexibility index (Phi) is 13.3. The highest BCUT2D eigenvalue weighted by atomic mass is 15.2. The Hall–Kier alpha value is -7.94. The maximum Gasteiger partial charge on any atom is 0.0488 e. The first-order chi connectivity index (χ1) is 34.8. The van der Waals surface area contributed by atoms with E-state index in [1.165, 1.54) is 111 Å². The minimum absolute atomic E-state index is 1.07. The second kappa shape index (κ2) is 20.1. The SMILES string of the molecule is CC1=CCCC(C)=C1c1ccc(N(c2ccc(-c3c(C)cccc3C)cc2)c2cc(-c3c(C)cccc3C)cc(N(c3ccc(-c4c(C)cccc4C)cc3)c3ccc(-c4c(C)cccc4C)cc3)c2)cc1. The predicted molar refractivity (Wildman–Crippen MR) is 311 cm³/mol. The van der Waals surface area contributed by atoms with E-state index in [0.29, 0.717) is 0 Å². The van der Waals surface area contributed by atoms with Gasteiger partial charge >= 0.3 is 0 Å². The highest BCUT2D eigenvalue weighted by Crippen LogP contribution is 2.46. The maximum absolute atomic E-state index is 2.45. The van der Waals surface area contributed by atoms with Crippen molar-refractivity contribution in [3.05, 3.63) is 255 Å². The molecule has 1 aliphatic rings. The quantitative estimate of drug-likeness (QED) is 0.128. The van der Waals surface area contributed by atoms with Crippen molar-refractivity contribution in [2.45, 2.75) is 82.1 Å². The van der Waals surface area contributed by atoms with Gasteiger partial charge in [0.2, 0.25) is 0 Å². The van der Waals surface area contributed by atoms with Crippen LogP contribution in [0.3, 0.4) is 0 Å². The van der Waals surface area contributed by atoms with E-state index in [1.54, 1.807) is 0 Å². The number of hydrogen-bond donors (Lipinski definition) is 0. The molecule has 0 radical (unpaired) electrons. The van der Waals surface area contributed by atoms with Crippen LogP contribution in [0.2, 0.25) is 0 Å². The molecule has 10 rings (SSSR count). The lowest BCUT2D eigenvalue weighted by Crippen LogP contribution is -2.14. The summed E-state index contributed by atoms with van der Waals surface area (Å²) in [5, 5.41) is 0. The summed E-state index contributed by atoms with van der Waals surface area (Å²) in [6.45, 7) is 22.3. The lowest BCUT2D eigenvalue weighted by molar-refractivity contribution is 0.953. The van der Waals surface area contributed by atoms with Gasteiger partial charge in [-0.05, 0) is 255 Å². The summed E-state index contributed by atoms with van der Waals surface area (Å²) in [5.41, 5.74) is 32.1. The van der Waals surface area contributed by atoms with Gasteiger partial charge in [0.15, 0.2) is 0 Å². The van der Waals surface area contributed by atoms with Crippen LogP contribution in [-0.2, 0) is 0 Å². The first-order valence-electron chi connectivity index (χ1n) is 25.6. The van der Waals surface area contributed by atoms with Gasteiger partial charge in [-0.1, -0.05) is 133 Å². The maximum atomic E-state index is 2.45. The average Bonchev–Trinajstić information content (AvgIpc) is 3.36. The number of nitrogens with zero attached hydrogens (tertiary/aromatic N) is 2. The van der Waals surface area contributed by atoms with Crippen LogP contribution in [0.5, 0.6) is 0 Å². The van der Waals surface area contributed by atoms with Crippen LogP contribution < -0.4 is 9.80 Å². The van der Waals surface area contributed by atoms with Gasteiger partial charge in [-0.3, -0.25) is 0 Å². The van der Waals surface area contributed by atoms with E-state index in [9.17, 15) is 0 Å². The van der Waals surface area contributed by atoms with Crippen molar-refractivity contribution in [2.24, 2.45) is 0 Å². The van der Waals surface area contributed by atoms with E-state index in [-0.39, 0.29) is 0 Å². The van der Waals surface area contributed by atoms with E-state index in [0.717, 1.165) is 47.0 Å². The Morgan fingerprint density at radius 1 is 0.278 bits per heavy atom. The van der Waals surface area contributed by atoms with Crippen molar-refractivity contribution in [1.82, 2.24) is 0 Å². The molecule has 356 valence electrons. The number of allylic oxidation sites excluding steroid dienone is 4. The first kappa shape index (κ1) is 47.7. The topological polar surface area (TPSA) is 6.48 Å². The van der Waals surface area contributed by atoms with Crippen molar-refractivity contribution in [2.75, 3.05) is 9.80 Å². The number of hydrogen-bond acceptors (Lipinski definition) is 2. The number of benzene rings is 9. The van der Waals surface area contributed by atoms with Crippen LogP contribution in [0.4, 0.5) is 34.1 Å². The van der Waals surface area contributed by atoms with Crippen molar-refractivity contribution >= 4 is 39.7 Å². The second-order valence-electron chi connectivity index (χ2n) is 20.2. The molecule has 0 atom stereocenters. The normalized spacial score (nSPS) is 12.5. The lowest BCUT2D eigenvalue weighted by atomic mass is 9.88. The molecule has 0 saturated heterocycles. The smallest absolute Gasteiger partial charge is 0.0488 e. The van der Waals surface area contributed by atoms with Gasteiger partial charge in [-0.15, -0.1) is 0 Å². The molecule has 0 N–H and O–H groups in total. The molecule has 0 aliphatic heterocycles. The fraction of sp³-hybridized carbons (Fsp3) is 0.171. The standard InChI is InChI=1S/C70H66N2/c1-45-16-11-17-46(2)66(45)55-26-34-60(35-27-55)71(61-36-28-56(29-37-61)67-47(3)18-12-19-48(67)4)64-42-59(70-53(9)24-15-25-54(70)10)43-65(44-64)72(62-38-30-57(31-39-62)68-49(5)20-13-21-50(68)6)63-40-32-58(33-41-63)69-51(7)22-14-23-52(69)8/h11-13,15-22,24-44H,14,23H2,1-10H3. The molecule has 1 aliphatic carbocycles. The molecule has 0 bridgehead atoms. The van der Waals surface area contributed by atoms with Gasteiger partial charge in [-0.2, -0.15) is 0 Å². The molecular weight excluding hydrogens is 869 g/mol. The van der Waals surface area contributed by atoms with Gasteiger partial charge < -0.3 is 9.80 Å². The zero-order valence-electron chi connectivity index (χ0n) is 43.8. The first-order valence-corrected chi connectivity index (χ1v) is 25.6. The Morgan fingerprint density at radius 3 is 0.847 bits per heavy atom. The predicted octanol–water partition coefficient (Wildman–Crippen LogP) is 20.3. The van der Waals surface area contributed by atoms with Crippen molar-refractivity contribution < 1.29 is 0 Å². The van der Waals surface area contributed by atoms with Gasteiger partial charge in [0, 0.05) is 34.1 Å². The van der Waals surface area contributed by atoms with Crippen LogP contribution >= 0.6 is 0 Å². The lowest BCUT2D eigenvalue weighted by Gasteiger charge is -2.31. The number of rotatable bonds is 11. The van der Waals surface area contributed by atoms with E-state index in [4.69, 9.17) is 0 Å². The molecule has 0 spiro atoms. The summed E-state index contributed by atoms with van der Waals surface area (Å²) in [6, 6.07) is 70.5. The van der Waals surface area contributed by atoms with Crippen molar-refractivity contribution in [3.8, 4) is 44.5 Å². The molecule has 2 nitrogen and oxygen atoms in total. The van der Waals surface area contributed by atoms with E-state index < -0.39 is 0 Å². The molecule has 0 aromatic heterocycles. The number of anilines is 6. The Balaban J connectivity index is 1.20. The highest BCUT2D eigenvalue weighted by molar-refractivity contribution is 5.91. The fourth-order valence-electron chi connectivity index (χ4n) is 11.6. The van der Waals surface area contributed by atoms with Crippen LogP contribution in [-0.4, -0.2) is 0 Å². The monoisotopic (exact) mass is 935 g/mol. The molecule has 0 heterocycles. The third kappa shape index (κ3) is 9.26. The molecule has 2 heteroatoms. The molecule has 72 heavy (non-hydrogen) atoms. The Morgan fingerprint density at radius 2 is 0.556 bits per heavy atom. The summed E-state index contributed by atoms with van der Waals surface area (Å²) in [7, 11) is 0.